The van der Waals surface area contributed by atoms with Crippen molar-refractivity contribution in [1.82, 2.24) is 14.5 Å². The number of benzene rings is 6. The van der Waals surface area contributed by atoms with Crippen molar-refractivity contribution in [2.45, 2.75) is 31.2 Å². The number of hydrogen-bond donors (Lipinski definition) is 0. The summed E-state index contributed by atoms with van der Waals surface area (Å²) < 4.78 is 2.26. The molecule has 0 saturated carbocycles. The van der Waals surface area contributed by atoms with Crippen LogP contribution in [0.2, 0.25) is 0 Å². The van der Waals surface area contributed by atoms with Crippen LogP contribution in [0.1, 0.15) is 30.7 Å². The van der Waals surface area contributed by atoms with Crippen LogP contribution in [0, 0.1) is 5.92 Å². The third-order valence-electron chi connectivity index (χ3n) is 12.6. The molecule has 4 nitrogen and oxygen atoms in total. The second-order valence-corrected chi connectivity index (χ2v) is 15.5. The molecule has 4 aliphatic rings. The molecular weight excluding hydrogens is 681 g/mol. The lowest BCUT2D eigenvalue weighted by Crippen LogP contribution is -2.33. The van der Waals surface area contributed by atoms with Crippen molar-refractivity contribution < 1.29 is 0 Å². The van der Waals surface area contributed by atoms with Crippen LogP contribution in [0.15, 0.2) is 193 Å². The van der Waals surface area contributed by atoms with Crippen molar-refractivity contribution in [3.05, 3.63) is 198 Å². The number of nitrogens with zero attached hydrogens (tertiary/aromatic N) is 4. The van der Waals surface area contributed by atoms with Gasteiger partial charge in [0.1, 0.15) is 0 Å². The molecule has 1 aliphatic heterocycles. The van der Waals surface area contributed by atoms with Crippen LogP contribution >= 0.6 is 0 Å². The van der Waals surface area contributed by atoms with E-state index in [1.54, 1.807) is 5.57 Å². The van der Waals surface area contributed by atoms with Gasteiger partial charge in [-0.25, -0.2) is 9.97 Å². The van der Waals surface area contributed by atoms with E-state index in [0.717, 1.165) is 52.5 Å². The lowest BCUT2D eigenvalue weighted by atomic mass is 9.70. The van der Waals surface area contributed by atoms with Gasteiger partial charge in [-0.15, -0.1) is 0 Å². The minimum absolute atomic E-state index is 0.148. The molecule has 3 heterocycles. The van der Waals surface area contributed by atoms with Gasteiger partial charge in [-0.2, -0.15) is 0 Å². The summed E-state index contributed by atoms with van der Waals surface area (Å²) in [4.78, 5) is 13.2. The van der Waals surface area contributed by atoms with E-state index >= 15 is 0 Å². The van der Waals surface area contributed by atoms with E-state index in [-0.39, 0.29) is 12.0 Å². The Hall–Kier alpha value is -6.78. The average Bonchev–Trinajstić information content (AvgIpc) is 3.79. The van der Waals surface area contributed by atoms with Gasteiger partial charge in [-0.3, -0.25) is 4.57 Å². The second kappa shape index (κ2) is 12.4. The molecule has 6 aromatic carbocycles. The summed E-state index contributed by atoms with van der Waals surface area (Å²) in [5.74, 6) is 1.31. The van der Waals surface area contributed by atoms with E-state index in [9.17, 15) is 0 Å². The van der Waals surface area contributed by atoms with Crippen molar-refractivity contribution in [1.29, 1.82) is 0 Å². The fourth-order valence-electron chi connectivity index (χ4n) is 10.2. The molecule has 4 heteroatoms. The van der Waals surface area contributed by atoms with Crippen molar-refractivity contribution in [3.63, 3.8) is 0 Å². The topological polar surface area (TPSA) is 34.0 Å². The van der Waals surface area contributed by atoms with E-state index in [1.807, 2.05) is 0 Å². The lowest BCUT2D eigenvalue weighted by Gasteiger charge is -2.37. The Balaban J connectivity index is 1.09. The lowest BCUT2D eigenvalue weighted by molar-refractivity contribution is 0.655. The number of anilines is 2. The first-order valence-electron chi connectivity index (χ1n) is 19.9. The van der Waals surface area contributed by atoms with Gasteiger partial charge >= 0.3 is 0 Å². The number of aromatic nitrogens is 3. The summed E-state index contributed by atoms with van der Waals surface area (Å²) in [6, 6.07) is 48.4. The summed E-state index contributed by atoms with van der Waals surface area (Å²) in [5.41, 5.74) is 13.7. The minimum Gasteiger partial charge on any atom is -0.333 e. The Bertz CT molecular complexity index is 3080. The Morgan fingerprint density at radius 2 is 1.45 bits per heavy atom. The van der Waals surface area contributed by atoms with Crippen LogP contribution in [0.5, 0.6) is 0 Å². The summed E-state index contributed by atoms with van der Waals surface area (Å²) in [6.07, 6.45) is 19.9. The van der Waals surface area contributed by atoms with Gasteiger partial charge in [0.05, 0.1) is 28.3 Å². The maximum atomic E-state index is 5.33. The Morgan fingerprint density at radius 1 is 0.643 bits per heavy atom. The first-order chi connectivity index (χ1) is 27.8. The average molecular weight is 719 g/mol. The van der Waals surface area contributed by atoms with Crippen molar-refractivity contribution in [2.24, 2.45) is 5.92 Å². The van der Waals surface area contributed by atoms with Gasteiger partial charge in [0.15, 0.2) is 0 Å². The molecule has 0 N–H and O–H groups in total. The van der Waals surface area contributed by atoms with Gasteiger partial charge in [-0.05, 0) is 88.7 Å². The zero-order valence-electron chi connectivity index (χ0n) is 30.9. The van der Waals surface area contributed by atoms with Crippen LogP contribution in [0.25, 0.3) is 60.7 Å². The zero-order valence-corrected chi connectivity index (χ0v) is 30.9. The largest absolute Gasteiger partial charge is 0.333 e. The van der Waals surface area contributed by atoms with Gasteiger partial charge in [0.2, 0.25) is 5.95 Å². The van der Waals surface area contributed by atoms with Crippen LogP contribution in [-0.4, -0.2) is 20.6 Å². The van der Waals surface area contributed by atoms with E-state index in [4.69, 9.17) is 9.97 Å². The van der Waals surface area contributed by atoms with Crippen molar-refractivity contribution in [2.75, 3.05) is 4.90 Å². The highest BCUT2D eigenvalue weighted by Crippen LogP contribution is 2.57. The maximum absolute atomic E-state index is 5.33. The molecule has 3 atom stereocenters. The molecule has 3 aliphatic carbocycles. The molecule has 0 amide bonds. The number of hydrogen-bond acceptors (Lipinski definition) is 3. The zero-order chi connectivity index (χ0) is 36.7. The predicted octanol–water partition coefficient (Wildman–Crippen LogP) is 12.9. The third-order valence-corrected chi connectivity index (χ3v) is 12.6. The number of allylic oxidation sites excluding steroid dienone is 8. The quantitative estimate of drug-likeness (QED) is 0.182. The van der Waals surface area contributed by atoms with Crippen LogP contribution in [0.4, 0.5) is 11.4 Å². The molecule has 0 spiro atoms. The van der Waals surface area contributed by atoms with E-state index in [1.165, 1.54) is 49.6 Å². The first kappa shape index (κ1) is 31.6. The Labute approximate surface area is 325 Å². The van der Waals surface area contributed by atoms with Gasteiger partial charge < -0.3 is 4.90 Å². The second-order valence-electron chi connectivity index (χ2n) is 15.5. The van der Waals surface area contributed by atoms with Crippen LogP contribution in [0.3, 0.4) is 0 Å². The number of fused-ring (bicyclic) bond motifs is 10. The summed E-state index contributed by atoms with van der Waals surface area (Å²) in [6.45, 7) is 0. The normalized spacial score (nSPS) is 19.9. The first-order valence-corrected chi connectivity index (χ1v) is 19.9. The minimum atomic E-state index is 0.148. The maximum Gasteiger partial charge on any atom is 0.235 e. The molecule has 266 valence electrons. The molecular formula is C52H38N4. The fraction of sp³-hybridized carbons (Fsp3) is 0.115. The molecule has 0 saturated heterocycles. The van der Waals surface area contributed by atoms with E-state index in [2.05, 4.69) is 185 Å². The molecule has 0 bridgehead atoms. The molecule has 56 heavy (non-hydrogen) atoms. The Morgan fingerprint density at radius 3 is 2.34 bits per heavy atom. The third kappa shape index (κ3) is 4.65. The molecule has 12 rings (SSSR count). The van der Waals surface area contributed by atoms with Gasteiger partial charge in [0, 0.05) is 44.9 Å². The van der Waals surface area contributed by atoms with Gasteiger partial charge in [0.25, 0.3) is 0 Å². The monoisotopic (exact) mass is 718 g/mol. The Kier molecular flexibility index (Phi) is 6.97. The summed E-state index contributed by atoms with van der Waals surface area (Å²) >= 11 is 0. The summed E-state index contributed by atoms with van der Waals surface area (Å²) in [7, 11) is 0. The molecule has 3 unspecified atom stereocenters. The molecule has 8 aromatic rings. The van der Waals surface area contributed by atoms with Gasteiger partial charge in [-0.1, -0.05) is 140 Å². The van der Waals surface area contributed by atoms with Crippen LogP contribution in [-0.2, 0) is 0 Å². The van der Waals surface area contributed by atoms with Crippen molar-refractivity contribution in [3.8, 4) is 17.2 Å². The predicted molar refractivity (Wildman–Crippen MR) is 232 cm³/mol. The molecule has 0 fully saturated rings. The molecule has 0 radical (unpaired) electrons. The van der Waals surface area contributed by atoms with Crippen LogP contribution < -0.4 is 4.90 Å². The SMILES string of the molecule is C1=CCC(C2=CC3C(C4=C2CCC=C4)c2c(ccc4ccccc24)N3c2ccc3c(c2)c2ccccc2n3-c2nc(-c3ccccc3)c3ccccc3n2)C=C1. The fourth-order valence-corrected chi connectivity index (χ4v) is 10.2. The highest BCUT2D eigenvalue weighted by molar-refractivity contribution is 6.11. The molecule has 2 aromatic heterocycles. The number of rotatable bonds is 4. The number of para-hydroxylation sites is 2. The van der Waals surface area contributed by atoms with Crippen molar-refractivity contribution >= 4 is 54.9 Å². The smallest absolute Gasteiger partial charge is 0.235 e. The highest BCUT2D eigenvalue weighted by Gasteiger charge is 2.45. The van der Waals surface area contributed by atoms with E-state index in [0.29, 0.717) is 11.9 Å². The van der Waals surface area contributed by atoms with E-state index < -0.39 is 0 Å². The highest BCUT2D eigenvalue weighted by atomic mass is 15.2. The summed E-state index contributed by atoms with van der Waals surface area (Å²) in [5, 5.41) is 6.08. The standard InChI is InChI=1S/C52H38N4/c1-3-15-33(16-4-1)42-32-48-50(40-23-10-9-21-38(40)42)49-37-20-8-7-17-34(37)27-29-47(49)55(48)36-28-30-46-43(31-36)39-22-12-14-26-45(39)56(46)52-53-44-25-13-11-24-41(44)51(54-52)35-18-5-2-6-19-35/h1-8,10-15,17-20,22-33,48,50H,9,16,21H2.